The molecule has 0 spiro atoms. The summed E-state index contributed by atoms with van der Waals surface area (Å²) in [5.41, 5.74) is -0.553. The Kier molecular flexibility index (Phi) is 6.27. The number of rotatable bonds is 7. The van der Waals surface area contributed by atoms with Gasteiger partial charge in [0.2, 0.25) is 11.8 Å². The Morgan fingerprint density at radius 2 is 1.56 bits per heavy atom. The summed E-state index contributed by atoms with van der Waals surface area (Å²) in [5.74, 6) is -3.75. The Morgan fingerprint density at radius 3 is 2.09 bits per heavy atom. The second-order valence-corrected chi connectivity index (χ2v) is 9.96. The molecular weight excluding hydrogens is 472 g/mol. The molecule has 2 aromatic carbocycles. The molecule has 4 rings (SSSR count). The second-order valence-electron chi connectivity index (χ2n) is 7.76. The highest BCUT2D eigenvalue weighted by Gasteiger charge is 2.69. The predicted octanol–water partition coefficient (Wildman–Crippen LogP) is 5.01. The van der Waals surface area contributed by atoms with Crippen molar-refractivity contribution in [3.8, 4) is 0 Å². The van der Waals surface area contributed by atoms with E-state index >= 15 is 0 Å². The number of anilines is 1. The molecule has 0 aromatic heterocycles. The fraction of sp³-hybridized carbons (Fsp3) is 0.348. The quantitative estimate of drug-likeness (QED) is 0.399. The van der Waals surface area contributed by atoms with Crippen LogP contribution in [0, 0.1) is 11.8 Å². The number of amides is 2. The summed E-state index contributed by atoms with van der Waals surface area (Å²) >= 11 is 0. The molecule has 0 N–H and O–H groups in total. The van der Waals surface area contributed by atoms with Gasteiger partial charge in [0.05, 0.1) is 36.3 Å². The molecule has 11 heteroatoms. The van der Waals surface area contributed by atoms with Crippen molar-refractivity contribution in [1.29, 1.82) is 0 Å². The highest BCUT2D eigenvalue weighted by molar-refractivity contribution is 7.55. The molecular formula is C23H22F3N2O5P. The van der Waals surface area contributed by atoms with Crippen molar-refractivity contribution in [2.45, 2.75) is 25.3 Å². The maximum absolute atomic E-state index is 14.2. The van der Waals surface area contributed by atoms with Gasteiger partial charge in [-0.15, -0.1) is 0 Å². The van der Waals surface area contributed by atoms with Crippen molar-refractivity contribution in [3.05, 3.63) is 65.7 Å². The number of aliphatic imine (C=N–C) groups is 1. The molecule has 0 radical (unpaired) electrons. The number of hydrogen-bond acceptors (Lipinski definition) is 6. The topological polar surface area (TPSA) is 85.3 Å². The first-order chi connectivity index (χ1) is 16.1. The molecule has 1 saturated heterocycles. The number of benzene rings is 2. The number of fused-ring (bicyclic) bond motifs is 1. The predicted molar refractivity (Wildman–Crippen MR) is 118 cm³/mol. The molecule has 0 bridgehead atoms. The van der Waals surface area contributed by atoms with Gasteiger partial charge in [0.1, 0.15) is 0 Å². The molecule has 3 atom stereocenters. The van der Waals surface area contributed by atoms with Gasteiger partial charge in [0.25, 0.3) is 0 Å². The summed E-state index contributed by atoms with van der Waals surface area (Å²) in [6.07, 6.45) is -3.29. The van der Waals surface area contributed by atoms with Crippen molar-refractivity contribution in [1.82, 2.24) is 0 Å². The van der Waals surface area contributed by atoms with Crippen LogP contribution in [0.2, 0.25) is 0 Å². The van der Waals surface area contributed by atoms with E-state index in [1.165, 1.54) is 6.21 Å². The molecule has 2 heterocycles. The van der Waals surface area contributed by atoms with Crippen LogP contribution >= 0.6 is 7.60 Å². The van der Waals surface area contributed by atoms with Crippen molar-refractivity contribution < 1.29 is 36.4 Å². The normalized spacial score (nSPS) is 24.7. The number of hydrogen-bond donors (Lipinski definition) is 0. The Labute approximate surface area is 194 Å². The van der Waals surface area contributed by atoms with Crippen LogP contribution in [0.5, 0.6) is 0 Å². The molecule has 2 aliphatic heterocycles. The molecule has 2 aliphatic rings. The van der Waals surface area contributed by atoms with Crippen molar-refractivity contribution in [2.75, 3.05) is 18.1 Å². The maximum atomic E-state index is 14.2. The van der Waals surface area contributed by atoms with Gasteiger partial charge in [-0.05, 0) is 43.7 Å². The van der Waals surface area contributed by atoms with Crippen LogP contribution in [-0.4, -0.2) is 31.2 Å². The van der Waals surface area contributed by atoms with Crippen LogP contribution in [-0.2, 0) is 34.7 Å². The molecule has 34 heavy (non-hydrogen) atoms. The Balaban J connectivity index is 1.84. The number of imide groups is 1. The van der Waals surface area contributed by atoms with Gasteiger partial charge in [-0.25, -0.2) is 4.90 Å². The third-order valence-corrected chi connectivity index (χ3v) is 8.57. The van der Waals surface area contributed by atoms with E-state index in [0.29, 0.717) is 5.56 Å². The highest BCUT2D eigenvalue weighted by atomic mass is 31.2. The van der Waals surface area contributed by atoms with Crippen LogP contribution in [0.3, 0.4) is 0 Å². The molecule has 2 amide bonds. The standard InChI is InChI=1S/C23H22F3N2O5P/c1-3-32-34(31,33-4-2)22(15-8-6-5-7-9-15)19-18(14-27-22)20(29)28(21(19)30)17-12-10-16(11-13-17)23(24,25)26/h5-14,18-19H,3-4H2,1-2H3. The first kappa shape index (κ1) is 24.3. The molecule has 0 saturated carbocycles. The fourth-order valence-electron chi connectivity index (χ4n) is 4.50. The molecule has 0 aliphatic carbocycles. The van der Waals surface area contributed by atoms with E-state index in [2.05, 4.69) is 4.99 Å². The monoisotopic (exact) mass is 494 g/mol. The van der Waals surface area contributed by atoms with E-state index in [1.807, 2.05) is 0 Å². The number of carbonyl (C=O) groups is 2. The third-order valence-electron chi connectivity index (χ3n) is 5.88. The lowest BCUT2D eigenvalue weighted by Gasteiger charge is -2.37. The Bertz CT molecular complexity index is 1160. The van der Waals surface area contributed by atoms with E-state index in [1.54, 1.807) is 44.2 Å². The van der Waals surface area contributed by atoms with Crippen LogP contribution in [0.25, 0.3) is 0 Å². The summed E-state index contributed by atoms with van der Waals surface area (Å²) in [7, 11) is -4.15. The molecule has 1 fully saturated rings. The summed E-state index contributed by atoms with van der Waals surface area (Å²) in [6.45, 7) is 3.25. The van der Waals surface area contributed by atoms with Crippen LogP contribution in [0.15, 0.2) is 59.6 Å². The summed E-state index contributed by atoms with van der Waals surface area (Å²) in [6, 6.07) is 12.1. The molecule has 3 unspecified atom stereocenters. The lowest BCUT2D eigenvalue weighted by Crippen LogP contribution is -2.40. The lowest BCUT2D eigenvalue weighted by molar-refractivity contribution is -0.137. The van der Waals surface area contributed by atoms with E-state index in [-0.39, 0.29) is 18.9 Å². The Hall–Kier alpha value is -2.81. The van der Waals surface area contributed by atoms with Gasteiger partial charge in [0.15, 0.2) is 5.28 Å². The second kappa shape index (κ2) is 8.76. The lowest BCUT2D eigenvalue weighted by atomic mass is 9.87. The van der Waals surface area contributed by atoms with E-state index < -0.39 is 48.3 Å². The zero-order valence-electron chi connectivity index (χ0n) is 18.4. The first-order valence-electron chi connectivity index (χ1n) is 10.7. The minimum Gasteiger partial charge on any atom is -0.307 e. The van der Waals surface area contributed by atoms with Gasteiger partial charge >= 0.3 is 13.8 Å². The number of carbonyl (C=O) groups excluding carboxylic acids is 2. The summed E-state index contributed by atoms with van der Waals surface area (Å²) in [5, 5.41) is -1.82. The summed E-state index contributed by atoms with van der Waals surface area (Å²) in [4.78, 5) is 32.2. The highest BCUT2D eigenvalue weighted by Crippen LogP contribution is 2.72. The molecule has 2 aromatic rings. The van der Waals surface area contributed by atoms with Gasteiger partial charge in [-0.1, -0.05) is 30.3 Å². The summed E-state index contributed by atoms with van der Waals surface area (Å²) < 4.78 is 64.3. The fourth-order valence-corrected chi connectivity index (χ4v) is 6.94. The average molecular weight is 494 g/mol. The molecule has 180 valence electrons. The average Bonchev–Trinajstić information content (AvgIpc) is 3.32. The number of halogens is 3. The zero-order chi connectivity index (χ0) is 24.7. The third kappa shape index (κ3) is 3.61. The SMILES string of the molecule is CCOP(=O)(OCC)C1(c2ccccc2)N=CC2C(=O)N(c3ccc(C(F)(F)F)cc3)C(=O)C21. The van der Waals surface area contributed by atoms with Crippen molar-refractivity contribution >= 4 is 31.3 Å². The molecule has 7 nitrogen and oxygen atoms in total. The number of nitrogens with zero attached hydrogens (tertiary/aromatic N) is 2. The largest absolute Gasteiger partial charge is 0.416 e. The van der Waals surface area contributed by atoms with Crippen LogP contribution < -0.4 is 4.90 Å². The van der Waals surface area contributed by atoms with Gasteiger partial charge in [0, 0.05) is 6.21 Å². The minimum absolute atomic E-state index is 0.00350. The maximum Gasteiger partial charge on any atom is 0.416 e. The van der Waals surface area contributed by atoms with Gasteiger partial charge < -0.3 is 9.05 Å². The van der Waals surface area contributed by atoms with E-state index in [9.17, 15) is 27.3 Å². The van der Waals surface area contributed by atoms with E-state index in [4.69, 9.17) is 9.05 Å². The van der Waals surface area contributed by atoms with Crippen LogP contribution in [0.4, 0.5) is 18.9 Å². The Morgan fingerprint density at radius 1 is 0.971 bits per heavy atom. The number of alkyl halides is 3. The van der Waals surface area contributed by atoms with E-state index in [0.717, 1.165) is 29.2 Å². The van der Waals surface area contributed by atoms with Crippen molar-refractivity contribution in [2.24, 2.45) is 16.8 Å². The van der Waals surface area contributed by atoms with Crippen molar-refractivity contribution in [3.63, 3.8) is 0 Å². The van der Waals surface area contributed by atoms with Gasteiger partial charge in [-0.3, -0.25) is 19.1 Å². The smallest absolute Gasteiger partial charge is 0.307 e. The van der Waals surface area contributed by atoms with Crippen LogP contribution in [0.1, 0.15) is 25.0 Å². The minimum atomic E-state index is -4.56. The first-order valence-corrected chi connectivity index (χ1v) is 12.2. The van der Waals surface area contributed by atoms with Gasteiger partial charge in [-0.2, -0.15) is 13.2 Å². The zero-order valence-corrected chi connectivity index (χ0v) is 19.3.